The fraction of sp³-hybridized carbons (Fsp3) is 0.194. The van der Waals surface area contributed by atoms with Crippen LogP contribution < -0.4 is 20.1 Å². The number of anilines is 2. The highest BCUT2D eigenvalue weighted by Crippen LogP contribution is 2.37. The van der Waals surface area contributed by atoms with Gasteiger partial charge in [0.2, 0.25) is 5.91 Å². The average Bonchev–Trinajstić information content (AvgIpc) is 3.39. The Morgan fingerprint density at radius 2 is 1.56 bits per heavy atom. The van der Waals surface area contributed by atoms with Crippen LogP contribution in [0.2, 0.25) is 0 Å². The van der Waals surface area contributed by atoms with Crippen LogP contribution in [0.25, 0.3) is 11.1 Å². The van der Waals surface area contributed by atoms with E-state index in [1.807, 2.05) is 42.6 Å². The number of methoxy groups -OCH3 is 2. The number of hydrogen-bond donors (Lipinski definition) is 2. The van der Waals surface area contributed by atoms with Gasteiger partial charge in [0.1, 0.15) is 27.6 Å². The first-order valence-corrected chi connectivity index (χ1v) is 14.6. The quantitative estimate of drug-likeness (QED) is 0.145. The molecule has 0 atom stereocenters. The summed E-state index contributed by atoms with van der Waals surface area (Å²) in [6, 6.07) is 20.1. The molecule has 0 spiro atoms. The predicted molar refractivity (Wildman–Crippen MR) is 164 cm³/mol. The summed E-state index contributed by atoms with van der Waals surface area (Å²) in [4.78, 5) is 39.6. The van der Waals surface area contributed by atoms with E-state index in [0.29, 0.717) is 33.3 Å². The number of carbonyl (C=O) groups is 3. The van der Waals surface area contributed by atoms with Crippen LogP contribution in [-0.4, -0.2) is 44.4 Å². The third kappa shape index (κ3) is 7.27. The molecule has 1 heterocycles. The molecule has 0 unspecified atom stereocenters. The second-order valence-electron chi connectivity index (χ2n) is 8.80. The van der Waals surface area contributed by atoms with Crippen molar-refractivity contribution in [3.05, 3.63) is 88.8 Å². The van der Waals surface area contributed by atoms with Gasteiger partial charge in [0.05, 0.1) is 26.6 Å². The molecule has 4 aromatic rings. The predicted octanol–water partition coefficient (Wildman–Crippen LogP) is 6.90. The molecular weight excluding hydrogens is 560 g/mol. The molecule has 1 aromatic heterocycles. The van der Waals surface area contributed by atoms with E-state index in [9.17, 15) is 14.4 Å². The fourth-order valence-electron chi connectivity index (χ4n) is 4.05. The van der Waals surface area contributed by atoms with Gasteiger partial charge >= 0.3 is 5.97 Å². The molecule has 0 radical (unpaired) electrons. The van der Waals surface area contributed by atoms with Gasteiger partial charge in [-0.2, -0.15) is 0 Å². The van der Waals surface area contributed by atoms with Crippen molar-refractivity contribution < 1.29 is 28.6 Å². The monoisotopic (exact) mass is 590 g/mol. The Kier molecular flexibility index (Phi) is 10.0. The maximum Gasteiger partial charge on any atom is 0.341 e. The van der Waals surface area contributed by atoms with Crippen molar-refractivity contribution in [1.82, 2.24) is 0 Å². The lowest BCUT2D eigenvalue weighted by Crippen LogP contribution is -2.16. The second kappa shape index (κ2) is 13.9. The molecule has 0 aliphatic heterocycles. The molecular formula is C31H30N2O6S2. The minimum atomic E-state index is -0.484. The number of benzene rings is 3. The first kappa shape index (κ1) is 29.7. The largest absolute Gasteiger partial charge is 0.496 e. The molecule has 0 aliphatic carbocycles. The summed E-state index contributed by atoms with van der Waals surface area (Å²) in [5.74, 6) is -0.255. The third-order valence-electron chi connectivity index (χ3n) is 6.00. The van der Waals surface area contributed by atoms with Gasteiger partial charge in [0, 0.05) is 21.5 Å². The maximum atomic E-state index is 13.0. The second-order valence-corrected chi connectivity index (χ2v) is 10.7. The molecule has 2 amide bonds. The van der Waals surface area contributed by atoms with Crippen molar-refractivity contribution in [3.63, 3.8) is 0 Å². The van der Waals surface area contributed by atoms with Crippen LogP contribution in [0.15, 0.2) is 77.0 Å². The molecule has 4 rings (SSSR count). The highest BCUT2D eigenvalue weighted by molar-refractivity contribution is 8.00. The topological polar surface area (TPSA) is 103 Å². The summed E-state index contributed by atoms with van der Waals surface area (Å²) in [6.45, 7) is 3.96. The summed E-state index contributed by atoms with van der Waals surface area (Å²) < 4.78 is 16.0. The van der Waals surface area contributed by atoms with Crippen molar-refractivity contribution in [2.24, 2.45) is 0 Å². The van der Waals surface area contributed by atoms with Crippen molar-refractivity contribution >= 4 is 51.6 Å². The van der Waals surface area contributed by atoms with E-state index >= 15 is 0 Å². The van der Waals surface area contributed by atoms with Gasteiger partial charge in [0.25, 0.3) is 5.91 Å². The smallest absolute Gasteiger partial charge is 0.341 e. The normalized spacial score (nSPS) is 10.5. The van der Waals surface area contributed by atoms with Gasteiger partial charge in [-0.3, -0.25) is 9.59 Å². The number of amides is 2. The van der Waals surface area contributed by atoms with Crippen LogP contribution in [-0.2, 0) is 9.53 Å². The van der Waals surface area contributed by atoms with Crippen molar-refractivity contribution in [2.75, 3.05) is 37.2 Å². The van der Waals surface area contributed by atoms with E-state index in [4.69, 9.17) is 14.2 Å². The number of carbonyl (C=O) groups excluding carboxylic acids is 3. The Morgan fingerprint density at radius 3 is 2.22 bits per heavy atom. The molecule has 0 fully saturated rings. The minimum absolute atomic E-state index is 0.0950. The summed E-state index contributed by atoms with van der Waals surface area (Å²) >= 11 is 2.59. The molecule has 3 aromatic carbocycles. The van der Waals surface area contributed by atoms with Crippen LogP contribution in [0.5, 0.6) is 11.5 Å². The highest BCUT2D eigenvalue weighted by Gasteiger charge is 2.23. The van der Waals surface area contributed by atoms with Gasteiger partial charge in [-0.15, -0.1) is 23.1 Å². The maximum absolute atomic E-state index is 13.0. The molecule has 212 valence electrons. The lowest BCUT2D eigenvalue weighted by Gasteiger charge is -2.13. The van der Waals surface area contributed by atoms with Gasteiger partial charge in [-0.05, 0) is 49.7 Å². The zero-order chi connectivity index (χ0) is 29.4. The number of thioether (sulfide) groups is 1. The molecule has 2 N–H and O–H groups in total. The summed E-state index contributed by atoms with van der Waals surface area (Å²) in [6.07, 6.45) is 0. The molecule has 0 saturated heterocycles. The zero-order valence-electron chi connectivity index (χ0n) is 23.1. The van der Waals surface area contributed by atoms with Crippen molar-refractivity contribution in [2.45, 2.75) is 18.7 Å². The summed E-state index contributed by atoms with van der Waals surface area (Å²) in [5.41, 5.74) is 3.87. The summed E-state index contributed by atoms with van der Waals surface area (Å²) in [7, 11) is 2.98. The molecule has 8 nitrogen and oxygen atoms in total. The van der Waals surface area contributed by atoms with Crippen LogP contribution in [0.1, 0.15) is 33.2 Å². The number of nitrogens with one attached hydrogen (secondary N) is 2. The van der Waals surface area contributed by atoms with Crippen LogP contribution in [0.3, 0.4) is 0 Å². The molecule has 0 aliphatic rings. The minimum Gasteiger partial charge on any atom is -0.496 e. The van der Waals surface area contributed by atoms with Crippen molar-refractivity contribution in [1.29, 1.82) is 0 Å². The van der Waals surface area contributed by atoms with E-state index in [1.165, 1.54) is 37.3 Å². The Hall–Kier alpha value is -4.28. The molecule has 0 bridgehead atoms. The standard InChI is InChI=1S/C31H30N2O6S2/c1-5-39-31(36)27-23(20-14-12-19(2)13-15-20)17-41-30(27)33-26(34)18-40-22-9-6-8-21(16-22)32-29(35)28-24(37-3)10-7-11-25(28)38-4/h6-17H,5,18H2,1-4H3,(H,32,35)(H,33,34). The Balaban J connectivity index is 1.45. The number of ether oxygens (including phenoxy) is 3. The Labute approximate surface area is 247 Å². The SMILES string of the molecule is CCOC(=O)c1c(-c2ccc(C)cc2)csc1NC(=O)CSc1cccc(NC(=O)c2c(OC)cccc2OC)c1. The first-order valence-electron chi connectivity index (χ1n) is 12.7. The lowest BCUT2D eigenvalue weighted by molar-refractivity contribution is -0.113. The van der Waals surface area contributed by atoms with E-state index in [-0.39, 0.29) is 29.7 Å². The van der Waals surface area contributed by atoms with Gasteiger partial charge in [-0.25, -0.2) is 4.79 Å². The van der Waals surface area contributed by atoms with Crippen LogP contribution in [0.4, 0.5) is 10.7 Å². The number of aryl methyl sites for hydroxylation is 1. The third-order valence-corrected chi connectivity index (χ3v) is 7.89. The van der Waals surface area contributed by atoms with Gasteiger partial charge in [-0.1, -0.05) is 42.0 Å². The summed E-state index contributed by atoms with van der Waals surface area (Å²) in [5, 5.41) is 8.03. The average molecular weight is 591 g/mol. The van der Waals surface area contributed by atoms with E-state index in [1.54, 1.807) is 43.3 Å². The molecule has 0 saturated carbocycles. The van der Waals surface area contributed by atoms with Gasteiger partial charge in [0.15, 0.2) is 0 Å². The number of hydrogen-bond acceptors (Lipinski definition) is 8. The number of esters is 1. The van der Waals surface area contributed by atoms with Gasteiger partial charge < -0.3 is 24.8 Å². The van der Waals surface area contributed by atoms with Crippen molar-refractivity contribution in [3.8, 4) is 22.6 Å². The fourth-order valence-corrected chi connectivity index (χ4v) is 5.77. The van der Waals surface area contributed by atoms with Crippen LogP contribution >= 0.6 is 23.1 Å². The van der Waals surface area contributed by atoms with Crippen LogP contribution in [0, 0.1) is 6.92 Å². The Bertz CT molecular complexity index is 1530. The van der Waals surface area contributed by atoms with E-state index in [0.717, 1.165) is 16.0 Å². The Morgan fingerprint density at radius 1 is 0.878 bits per heavy atom. The highest BCUT2D eigenvalue weighted by atomic mass is 32.2. The zero-order valence-corrected chi connectivity index (χ0v) is 24.7. The lowest BCUT2D eigenvalue weighted by atomic mass is 10.0. The number of rotatable bonds is 11. The molecule has 41 heavy (non-hydrogen) atoms. The first-order chi connectivity index (χ1) is 19.8. The van der Waals surface area contributed by atoms with E-state index < -0.39 is 5.97 Å². The molecule has 10 heteroatoms. The number of thiophene rings is 1. The van der Waals surface area contributed by atoms with E-state index in [2.05, 4.69) is 10.6 Å².